The topological polar surface area (TPSA) is 135 Å². The number of carbonyl (C=O) groups excluding carboxylic acids is 4. The third kappa shape index (κ3) is 5.37. The number of methoxy groups -OCH3 is 1. The van der Waals surface area contributed by atoms with Crippen LogP contribution in [0.3, 0.4) is 0 Å². The summed E-state index contributed by atoms with van der Waals surface area (Å²) in [6.45, 7) is 3.25. The fourth-order valence-corrected chi connectivity index (χ4v) is 7.20. The lowest BCUT2D eigenvalue weighted by Crippen LogP contribution is -2.57. The number of likely N-dealkylation sites (tertiary alicyclic amines) is 1. The maximum absolute atomic E-state index is 14.6. The summed E-state index contributed by atoms with van der Waals surface area (Å²) < 4.78 is 18.2. The van der Waals surface area contributed by atoms with Crippen molar-refractivity contribution in [3.05, 3.63) is 84.5 Å². The monoisotopic (exact) mass is 629 g/mol. The average molecular weight is 630 g/mol. The molecule has 0 aliphatic carbocycles. The maximum atomic E-state index is 14.6. The highest BCUT2D eigenvalue weighted by atomic mass is 16.6. The number of hydrogen-bond donors (Lipinski definition) is 2. The largest absolute Gasteiger partial charge is 0.497 e. The second-order valence-corrected chi connectivity index (χ2v) is 12.3. The molecule has 2 saturated heterocycles. The third-order valence-corrected chi connectivity index (χ3v) is 9.40. The Bertz CT molecular complexity index is 1540. The number of nitrogens with zero attached hydrogens (tertiary/aromatic N) is 2. The Kier molecular flexibility index (Phi) is 8.71. The number of anilines is 1. The summed E-state index contributed by atoms with van der Waals surface area (Å²) in [6.07, 6.45) is 5.84. The van der Waals surface area contributed by atoms with Crippen molar-refractivity contribution in [1.82, 2.24) is 10.2 Å². The summed E-state index contributed by atoms with van der Waals surface area (Å²) in [4.78, 5) is 59.1. The number of allylic oxidation sites excluding steroid dienone is 1. The standard InChI is InChI=1S/C35H39N3O8/c1-21(20-39)38-31-33(42)37(24-14-16-25(44-3)17-15-24)19-9-18-35(31)29(32(38)41)28-26(46-35)12-7-8-13-27(40)36-22(2)30(45-34(28)43)23-10-5-4-6-11-23/h4-7,9-12,14-18,21-22,26,28-31,39H,8,13,19-20H2,1-3H3,(H,36,40)/b12-7-/t21-,22+,26+,28-,29-,30-,31+,35-/m1/s1. The minimum Gasteiger partial charge on any atom is -0.497 e. The normalized spacial score (nSPS) is 32.6. The molecule has 11 heteroatoms. The van der Waals surface area contributed by atoms with E-state index in [1.807, 2.05) is 30.3 Å². The van der Waals surface area contributed by atoms with Crippen LogP contribution in [0.25, 0.3) is 0 Å². The van der Waals surface area contributed by atoms with Gasteiger partial charge in [0.25, 0.3) is 5.91 Å². The van der Waals surface area contributed by atoms with Crippen molar-refractivity contribution in [3.8, 4) is 5.75 Å². The van der Waals surface area contributed by atoms with Gasteiger partial charge in [-0.05, 0) is 50.1 Å². The molecule has 2 aromatic rings. The van der Waals surface area contributed by atoms with Gasteiger partial charge in [-0.3, -0.25) is 19.2 Å². The predicted octanol–water partition coefficient (Wildman–Crippen LogP) is 2.70. The molecule has 4 aliphatic heterocycles. The van der Waals surface area contributed by atoms with Crippen molar-refractivity contribution in [3.63, 3.8) is 0 Å². The van der Waals surface area contributed by atoms with E-state index >= 15 is 0 Å². The minimum absolute atomic E-state index is 0.186. The van der Waals surface area contributed by atoms with E-state index in [9.17, 15) is 24.3 Å². The summed E-state index contributed by atoms with van der Waals surface area (Å²) in [6, 6.07) is 13.7. The van der Waals surface area contributed by atoms with Crippen LogP contribution in [0.4, 0.5) is 5.69 Å². The predicted molar refractivity (Wildman–Crippen MR) is 168 cm³/mol. The molecule has 2 fully saturated rings. The number of rotatable bonds is 5. The molecule has 0 saturated carbocycles. The Morgan fingerprint density at radius 2 is 1.78 bits per heavy atom. The Morgan fingerprint density at radius 3 is 2.48 bits per heavy atom. The van der Waals surface area contributed by atoms with Gasteiger partial charge >= 0.3 is 5.97 Å². The Hall–Kier alpha value is -4.48. The number of carbonyl (C=O) groups is 4. The second-order valence-electron chi connectivity index (χ2n) is 12.3. The van der Waals surface area contributed by atoms with Gasteiger partial charge in [-0.2, -0.15) is 0 Å². The van der Waals surface area contributed by atoms with E-state index in [4.69, 9.17) is 14.2 Å². The van der Waals surface area contributed by atoms with E-state index in [1.54, 1.807) is 74.4 Å². The van der Waals surface area contributed by atoms with E-state index in [1.165, 1.54) is 4.90 Å². The first-order valence-corrected chi connectivity index (χ1v) is 15.7. The molecular weight excluding hydrogens is 590 g/mol. The molecular formula is C35H39N3O8. The van der Waals surface area contributed by atoms with E-state index in [0.717, 1.165) is 0 Å². The summed E-state index contributed by atoms with van der Waals surface area (Å²) in [7, 11) is 1.56. The van der Waals surface area contributed by atoms with E-state index in [-0.39, 0.29) is 18.9 Å². The van der Waals surface area contributed by atoms with Crippen LogP contribution in [0.15, 0.2) is 78.9 Å². The van der Waals surface area contributed by atoms with Gasteiger partial charge in [-0.15, -0.1) is 0 Å². The Labute approximate surface area is 267 Å². The van der Waals surface area contributed by atoms with Crippen molar-refractivity contribution >= 4 is 29.4 Å². The minimum atomic E-state index is -1.51. The number of amides is 3. The number of benzene rings is 2. The van der Waals surface area contributed by atoms with E-state index in [2.05, 4.69) is 5.32 Å². The van der Waals surface area contributed by atoms with E-state index < -0.39 is 72.2 Å². The molecule has 0 radical (unpaired) electrons. The van der Waals surface area contributed by atoms with E-state index in [0.29, 0.717) is 23.4 Å². The molecule has 3 amide bonds. The van der Waals surface area contributed by atoms with Crippen LogP contribution in [-0.2, 0) is 28.7 Å². The van der Waals surface area contributed by atoms with Gasteiger partial charge in [-0.25, -0.2) is 0 Å². The van der Waals surface area contributed by atoms with Gasteiger partial charge in [0.1, 0.15) is 29.4 Å². The quantitative estimate of drug-likeness (QED) is 0.381. The number of hydrogen-bond acceptors (Lipinski definition) is 8. The van der Waals surface area contributed by atoms with Gasteiger partial charge in [0.15, 0.2) is 0 Å². The zero-order valence-electron chi connectivity index (χ0n) is 26.1. The lowest BCUT2D eigenvalue weighted by Gasteiger charge is -2.37. The first kappa shape index (κ1) is 31.5. The van der Waals surface area contributed by atoms with Crippen LogP contribution >= 0.6 is 0 Å². The molecule has 0 bridgehead atoms. The fraction of sp³-hybridized carbons (Fsp3) is 0.429. The number of nitrogens with one attached hydrogen (secondary N) is 1. The molecule has 2 aromatic carbocycles. The highest BCUT2D eigenvalue weighted by Gasteiger charge is 2.72. The molecule has 8 atom stereocenters. The Balaban J connectivity index is 1.44. The molecule has 4 heterocycles. The average Bonchev–Trinajstić information content (AvgIpc) is 3.46. The summed E-state index contributed by atoms with van der Waals surface area (Å²) >= 11 is 0. The molecule has 11 nitrogen and oxygen atoms in total. The first-order chi connectivity index (χ1) is 22.2. The van der Waals surface area contributed by atoms with Crippen LogP contribution in [0.2, 0.25) is 0 Å². The smallest absolute Gasteiger partial charge is 0.313 e. The van der Waals surface area contributed by atoms with Gasteiger partial charge in [0, 0.05) is 18.7 Å². The highest BCUT2D eigenvalue weighted by molar-refractivity contribution is 6.05. The molecule has 0 aromatic heterocycles. The van der Waals surface area contributed by atoms with Crippen LogP contribution < -0.4 is 15.0 Å². The van der Waals surface area contributed by atoms with Crippen molar-refractivity contribution in [2.45, 2.75) is 62.6 Å². The molecule has 242 valence electrons. The van der Waals surface area contributed by atoms with Gasteiger partial charge in [0.05, 0.1) is 37.8 Å². The molecule has 2 N–H and O–H groups in total. The lowest BCUT2D eigenvalue weighted by molar-refractivity contribution is -0.161. The Morgan fingerprint density at radius 1 is 1.04 bits per heavy atom. The number of ether oxygens (including phenoxy) is 3. The maximum Gasteiger partial charge on any atom is 0.313 e. The number of aliphatic hydroxyl groups excluding tert-OH is 1. The SMILES string of the molecule is COc1ccc(N2CC=C[C@@]34O[C@H]5/C=C\CCC(=O)N[C@@H](C)[C@H](c6ccccc6)OC(=O)[C@H]5[C@@H]3C(=O)N([C@H](C)CO)[C@H]4C2=O)cc1. The van der Waals surface area contributed by atoms with Crippen LogP contribution in [0.1, 0.15) is 38.4 Å². The van der Waals surface area contributed by atoms with Crippen LogP contribution in [0, 0.1) is 11.8 Å². The molecule has 6 rings (SSSR count). The molecule has 0 unspecified atom stereocenters. The number of aliphatic hydroxyl groups is 1. The van der Waals surface area contributed by atoms with Crippen LogP contribution in [-0.4, -0.2) is 83.8 Å². The summed E-state index contributed by atoms with van der Waals surface area (Å²) in [5.74, 6) is -3.29. The fourth-order valence-electron chi connectivity index (χ4n) is 7.20. The highest BCUT2D eigenvalue weighted by Crippen LogP contribution is 2.54. The molecule has 1 spiro atoms. The molecule has 4 aliphatic rings. The lowest BCUT2D eigenvalue weighted by atomic mass is 9.77. The van der Waals surface area contributed by atoms with Crippen molar-refractivity contribution < 1.29 is 38.5 Å². The zero-order chi connectivity index (χ0) is 32.6. The number of cyclic esters (lactones) is 1. The van der Waals surface area contributed by atoms with Crippen molar-refractivity contribution in [1.29, 1.82) is 0 Å². The number of fused-ring (bicyclic) bond motifs is 2. The first-order valence-electron chi connectivity index (χ1n) is 15.7. The van der Waals surface area contributed by atoms with Crippen molar-refractivity contribution in [2.75, 3.05) is 25.2 Å². The van der Waals surface area contributed by atoms with Gasteiger partial charge < -0.3 is 34.4 Å². The van der Waals surface area contributed by atoms with Crippen molar-refractivity contribution in [2.24, 2.45) is 11.8 Å². The zero-order valence-corrected chi connectivity index (χ0v) is 26.1. The second kappa shape index (κ2) is 12.7. The van der Waals surface area contributed by atoms with Gasteiger partial charge in [0.2, 0.25) is 11.8 Å². The summed E-state index contributed by atoms with van der Waals surface area (Å²) in [5.41, 5.74) is -0.229. The summed E-state index contributed by atoms with van der Waals surface area (Å²) in [5, 5.41) is 13.2. The van der Waals surface area contributed by atoms with Gasteiger partial charge in [-0.1, -0.05) is 54.6 Å². The third-order valence-electron chi connectivity index (χ3n) is 9.40. The molecule has 46 heavy (non-hydrogen) atoms. The number of esters is 1. The van der Waals surface area contributed by atoms with Crippen LogP contribution in [0.5, 0.6) is 5.75 Å².